The Balaban J connectivity index is 0.00000107. The number of carboxylic acid groups (broad SMARTS) is 1. The van der Waals surface area contributed by atoms with Gasteiger partial charge in [0.1, 0.15) is 0 Å². The van der Waals surface area contributed by atoms with Crippen molar-refractivity contribution in [2.24, 2.45) is 5.92 Å². The number of H-pyrrole nitrogens is 1. The first kappa shape index (κ1) is 23.8. The number of aromatic nitrogens is 2. The summed E-state index contributed by atoms with van der Waals surface area (Å²) in [5, 5.41) is 29.8. The smallest absolute Gasteiger partial charge is 0.290 e. The van der Waals surface area contributed by atoms with Gasteiger partial charge in [0.2, 0.25) is 11.8 Å². The molecule has 1 aliphatic rings. The summed E-state index contributed by atoms with van der Waals surface area (Å²) >= 11 is 0. The summed E-state index contributed by atoms with van der Waals surface area (Å²) < 4.78 is 0. The monoisotopic (exact) mass is 428 g/mol. The summed E-state index contributed by atoms with van der Waals surface area (Å²) in [5.74, 6) is -0.598. The van der Waals surface area contributed by atoms with Crippen LogP contribution in [0, 0.1) is 12.8 Å². The van der Waals surface area contributed by atoms with Crippen molar-refractivity contribution < 1.29 is 24.6 Å². The number of benzene rings is 1. The van der Waals surface area contributed by atoms with Gasteiger partial charge >= 0.3 is 0 Å². The van der Waals surface area contributed by atoms with Crippen LogP contribution in [0.4, 0.5) is 0 Å². The highest BCUT2D eigenvalue weighted by atomic mass is 16.3. The van der Waals surface area contributed by atoms with Crippen LogP contribution in [-0.4, -0.2) is 50.8 Å². The Hall–Kier alpha value is -3.46. The number of aryl methyl sites for hydroxylation is 1. The maximum atomic E-state index is 12.5. The lowest BCUT2D eigenvalue weighted by Crippen LogP contribution is -2.49. The molecule has 0 aliphatic heterocycles. The second-order valence-electron chi connectivity index (χ2n) is 7.30. The number of nitrogens with zero attached hydrogens (tertiary/aromatic N) is 1. The third-order valence-electron chi connectivity index (χ3n) is 4.94. The third kappa shape index (κ3) is 8.06. The van der Waals surface area contributed by atoms with Gasteiger partial charge in [0.05, 0.1) is 24.4 Å². The van der Waals surface area contributed by atoms with Crippen LogP contribution in [-0.2, 0) is 20.9 Å². The SMILES string of the molecule is Cc1cc(CNC(=O)[C@H]2CC[C@@H](O)[C@H](NC(=O)/C=C/c3ccccc3)C2)n[nH]1.O=CO. The first-order chi connectivity index (χ1) is 14.9. The van der Waals surface area contributed by atoms with Crippen LogP contribution in [0.15, 0.2) is 42.5 Å². The van der Waals surface area contributed by atoms with E-state index in [1.807, 2.05) is 43.3 Å². The molecule has 2 aromatic rings. The molecule has 9 heteroatoms. The predicted molar refractivity (Wildman–Crippen MR) is 115 cm³/mol. The molecule has 0 bridgehead atoms. The average Bonchev–Trinajstić information content (AvgIpc) is 3.18. The molecule has 0 unspecified atom stereocenters. The second kappa shape index (κ2) is 12.3. The predicted octanol–water partition coefficient (Wildman–Crippen LogP) is 1.39. The van der Waals surface area contributed by atoms with Crippen LogP contribution >= 0.6 is 0 Å². The molecule has 3 atom stereocenters. The van der Waals surface area contributed by atoms with Gasteiger partial charge in [0, 0.05) is 17.7 Å². The van der Waals surface area contributed by atoms with E-state index in [-0.39, 0.29) is 24.2 Å². The van der Waals surface area contributed by atoms with Gasteiger partial charge in [-0.2, -0.15) is 5.10 Å². The van der Waals surface area contributed by atoms with Crippen molar-refractivity contribution >= 4 is 24.4 Å². The molecular weight excluding hydrogens is 400 g/mol. The van der Waals surface area contributed by atoms with E-state index in [4.69, 9.17) is 9.90 Å². The van der Waals surface area contributed by atoms with E-state index in [2.05, 4.69) is 20.8 Å². The Kier molecular flexibility index (Phi) is 9.44. The Bertz CT molecular complexity index is 881. The highest BCUT2D eigenvalue weighted by Crippen LogP contribution is 2.25. The molecule has 5 N–H and O–H groups in total. The standard InChI is InChI=1S/C21H26N4O3.CH2O2/c1-14-11-17(25-24-14)13-22-21(28)16-8-9-19(26)18(12-16)23-20(27)10-7-15-5-3-2-4-6-15;2-1-3/h2-7,10-11,16,18-19,26H,8-9,12-13H2,1H3,(H,22,28)(H,23,27)(H,24,25);1H,(H,2,3)/b10-7+;/t16-,18+,19+;/m0./s1. The van der Waals surface area contributed by atoms with Crippen molar-refractivity contribution in [1.29, 1.82) is 0 Å². The number of carbonyl (C=O) groups is 3. The van der Waals surface area contributed by atoms with Crippen molar-refractivity contribution in [3.63, 3.8) is 0 Å². The number of amides is 2. The molecule has 0 radical (unpaired) electrons. The third-order valence-corrected chi connectivity index (χ3v) is 4.94. The summed E-state index contributed by atoms with van der Waals surface area (Å²) in [6, 6.07) is 11.0. The quantitative estimate of drug-likeness (QED) is 0.347. The largest absolute Gasteiger partial charge is 0.483 e. The first-order valence-electron chi connectivity index (χ1n) is 10.0. The fourth-order valence-corrected chi connectivity index (χ4v) is 3.40. The van der Waals surface area contributed by atoms with Crippen LogP contribution in [0.1, 0.15) is 36.2 Å². The molecule has 0 saturated heterocycles. The number of aromatic amines is 1. The zero-order valence-electron chi connectivity index (χ0n) is 17.3. The molecule has 1 saturated carbocycles. The minimum atomic E-state index is -0.646. The molecule has 166 valence electrons. The lowest BCUT2D eigenvalue weighted by Gasteiger charge is -2.32. The molecular formula is C22H28N4O5. The second-order valence-corrected chi connectivity index (χ2v) is 7.30. The zero-order valence-corrected chi connectivity index (χ0v) is 17.3. The van der Waals surface area contributed by atoms with E-state index >= 15 is 0 Å². The van der Waals surface area contributed by atoms with Crippen molar-refractivity contribution in [3.8, 4) is 0 Å². The fraction of sp³-hybridized carbons (Fsp3) is 0.364. The topological polar surface area (TPSA) is 144 Å². The van der Waals surface area contributed by atoms with Crippen molar-refractivity contribution in [1.82, 2.24) is 20.8 Å². The van der Waals surface area contributed by atoms with E-state index in [1.54, 1.807) is 6.08 Å². The summed E-state index contributed by atoms with van der Waals surface area (Å²) in [5.41, 5.74) is 2.64. The number of aliphatic hydroxyl groups excluding tert-OH is 1. The first-order valence-corrected chi connectivity index (χ1v) is 10.0. The number of nitrogens with one attached hydrogen (secondary N) is 3. The maximum absolute atomic E-state index is 12.5. The van der Waals surface area contributed by atoms with Gasteiger partial charge < -0.3 is 20.8 Å². The van der Waals surface area contributed by atoms with E-state index in [1.165, 1.54) is 6.08 Å². The van der Waals surface area contributed by atoms with Crippen LogP contribution in [0.5, 0.6) is 0 Å². The molecule has 1 fully saturated rings. The summed E-state index contributed by atoms with van der Waals surface area (Å²) in [6.07, 6.45) is 4.02. The minimum absolute atomic E-state index is 0.0772. The molecule has 1 aromatic carbocycles. The van der Waals surface area contributed by atoms with Crippen molar-refractivity contribution in [3.05, 3.63) is 59.4 Å². The lowest BCUT2D eigenvalue weighted by molar-refractivity contribution is -0.128. The van der Waals surface area contributed by atoms with E-state index in [0.29, 0.717) is 25.8 Å². The highest BCUT2D eigenvalue weighted by Gasteiger charge is 2.33. The van der Waals surface area contributed by atoms with E-state index < -0.39 is 12.1 Å². The molecule has 31 heavy (non-hydrogen) atoms. The molecule has 0 spiro atoms. The number of aliphatic hydroxyl groups is 1. The molecule has 1 heterocycles. The van der Waals surface area contributed by atoms with Gasteiger partial charge in [-0.3, -0.25) is 19.5 Å². The van der Waals surface area contributed by atoms with Crippen molar-refractivity contribution in [2.45, 2.75) is 44.9 Å². The van der Waals surface area contributed by atoms with Crippen LogP contribution < -0.4 is 10.6 Å². The summed E-state index contributed by atoms with van der Waals surface area (Å²) in [7, 11) is 0. The Morgan fingerprint density at radius 3 is 2.61 bits per heavy atom. The van der Waals surface area contributed by atoms with Crippen molar-refractivity contribution in [2.75, 3.05) is 0 Å². The van der Waals surface area contributed by atoms with Gasteiger partial charge in [-0.25, -0.2) is 0 Å². The number of hydrogen-bond acceptors (Lipinski definition) is 5. The molecule has 1 aromatic heterocycles. The summed E-state index contributed by atoms with van der Waals surface area (Å²) in [6.45, 7) is 2.01. The van der Waals surface area contributed by atoms with Crippen LogP contribution in [0.3, 0.4) is 0 Å². The molecule has 2 amide bonds. The zero-order chi connectivity index (χ0) is 22.6. The fourth-order valence-electron chi connectivity index (χ4n) is 3.40. The molecule has 1 aliphatic carbocycles. The highest BCUT2D eigenvalue weighted by molar-refractivity contribution is 5.92. The van der Waals surface area contributed by atoms with Crippen LogP contribution in [0.25, 0.3) is 6.08 Å². The normalized spacial score (nSPS) is 20.4. The lowest BCUT2D eigenvalue weighted by atomic mass is 9.83. The van der Waals surface area contributed by atoms with E-state index in [9.17, 15) is 14.7 Å². The van der Waals surface area contributed by atoms with E-state index in [0.717, 1.165) is 17.0 Å². The number of rotatable bonds is 6. The van der Waals surface area contributed by atoms with Gasteiger partial charge in [0.15, 0.2) is 0 Å². The maximum Gasteiger partial charge on any atom is 0.290 e. The minimum Gasteiger partial charge on any atom is -0.483 e. The van der Waals surface area contributed by atoms with Gasteiger partial charge in [-0.15, -0.1) is 0 Å². The molecule has 9 nitrogen and oxygen atoms in total. The van der Waals surface area contributed by atoms with Gasteiger partial charge in [0.25, 0.3) is 6.47 Å². The Morgan fingerprint density at radius 2 is 1.97 bits per heavy atom. The Morgan fingerprint density at radius 1 is 1.26 bits per heavy atom. The van der Waals surface area contributed by atoms with Gasteiger partial charge in [-0.1, -0.05) is 30.3 Å². The number of carbonyl (C=O) groups excluding carboxylic acids is 2. The van der Waals surface area contributed by atoms with Gasteiger partial charge in [-0.05, 0) is 43.9 Å². The summed E-state index contributed by atoms with van der Waals surface area (Å²) in [4.78, 5) is 33.0. The Labute approximate surface area is 180 Å². The number of hydrogen-bond donors (Lipinski definition) is 5. The van der Waals surface area contributed by atoms with Crippen LogP contribution in [0.2, 0.25) is 0 Å². The average molecular weight is 428 g/mol. The molecule has 3 rings (SSSR count).